The summed E-state index contributed by atoms with van der Waals surface area (Å²) in [6.07, 6.45) is -1.65. The Morgan fingerprint density at radius 1 is 1.50 bits per heavy atom. The van der Waals surface area contributed by atoms with Gasteiger partial charge in [0.15, 0.2) is 6.10 Å². The molecule has 0 aromatic heterocycles. The van der Waals surface area contributed by atoms with Crippen molar-refractivity contribution in [3.63, 3.8) is 0 Å². The summed E-state index contributed by atoms with van der Waals surface area (Å²) in [5.74, 6) is -1.95. The molecule has 0 unspecified atom stereocenters. The van der Waals surface area contributed by atoms with Gasteiger partial charge < -0.3 is 10.2 Å². The zero-order chi connectivity index (χ0) is 9.14. The van der Waals surface area contributed by atoms with Gasteiger partial charge in [-0.1, -0.05) is 12.1 Å². The zero-order valence-corrected chi connectivity index (χ0v) is 6.07. The molecule has 0 bridgehead atoms. The third kappa shape index (κ3) is 1.79. The van der Waals surface area contributed by atoms with Gasteiger partial charge >= 0.3 is 5.97 Å². The van der Waals surface area contributed by atoms with Crippen LogP contribution in [0.1, 0.15) is 11.7 Å². The summed E-state index contributed by atoms with van der Waals surface area (Å²) in [4.78, 5) is 10.2. The van der Waals surface area contributed by atoms with Crippen LogP contribution in [0.4, 0.5) is 4.39 Å². The minimum absolute atomic E-state index is 0.0440. The number of carboxylic acids is 1. The minimum Gasteiger partial charge on any atom is -0.479 e. The summed E-state index contributed by atoms with van der Waals surface area (Å²) in [5.41, 5.74) is 0.0440. The van der Waals surface area contributed by atoms with Gasteiger partial charge in [0, 0.05) is 0 Å². The predicted octanol–water partition coefficient (Wildman–Crippen LogP) is 0.944. The summed E-state index contributed by atoms with van der Waals surface area (Å²) in [6.45, 7) is 0. The number of rotatable bonds is 2. The normalized spacial score (nSPS) is 12.5. The van der Waals surface area contributed by atoms with E-state index in [4.69, 9.17) is 10.2 Å². The fourth-order valence-corrected chi connectivity index (χ4v) is 0.819. The van der Waals surface area contributed by atoms with Gasteiger partial charge in [-0.25, -0.2) is 9.18 Å². The number of halogens is 1. The second kappa shape index (κ2) is 3.32. The molecule has 0 aliphatic rings. The summed E-state index contributed by atoms with van der Waals surface area (Å²) < 4.78 is 12.5. The molecule has 0 saturated heterocycles. The molecule has 0 aliphatic heterocycles. The third-order valence-corrected chi connectivity index (χ3v) is 1.40. The van der Waals surface area contributed by atoms with Crippen molar-refractivity contribution in [1.29, 1.82) is 0 Å². The van der Waals surface area contributed by atoms with Gasteiger partial charge in [-0.3, -0.25) is 0 Å². The van der Waals surface area contributed by atoms with Crippen LogP contribution >= 0.6 is 0 Å². The molecule has 0 amide bonds. The number of aliphatic hydroxyl groups is 1. The van der Waals surface area contributed by atoms with Crippen LogP contribution in [-0.2, 0) is 4.79 Å². The molecule has 0 aliphatic carbocycles. The Balaban J connectivity index is 2.95. The van der Waals surface area contributed by atoms with Gasteiger partial charge in [-0.15, -0.1) is 0 Å². The van der Waals surface area contributed by atoms with Crippen molar-refractivity contribution in [1.82, 2.24) is 0 Å². The molecule has 1 aromatic carbocycles. The first-order valence-electron chi connectivity index (χ1n) is 3.27. The van der Waals surface area contributed by atoms with Crippen molar-refractivity contribution >= 4 is 5.97 Å². The van der Waals surface area contributed by atoms with Crippen LogP contribution in [0, 0.1) is 5.82 Å². The van der Waals surface area contributed by atoms with Gasteiger partial charge in [0.05, 0.1) is 0 Å². The number of hydrogen-bond acceptors (Lipinski definition) is 2. The topological polar surface area (TPSA) is 57.5 Å². The lowest BCUT2D eigenvalue weighted by molar-refractivity contribution is -0.146. The van der Waals surface area contributed by atoms with Crippen molar-refractivity contribution in [3.8, 4) is 0 Å². The molecule has 0 spiro atoms. The second-order valence-corrected chi connectivity index (χ2v) is 2.30. The van der Waals surface area contributed by atoms with Crippen LogP contribution < -0.4 is 0 Å². The van der Waals surface area contributed by atoms with Crippen LogP contribution in [0.3, 0.4) is 0 Å². The molecule has 0 heterocycles. The maximum absolute atomic E-state index is 12.5. The molecule has 2 N–H and O–H groups in total. The molecule has 1 atom stereocenters. The van der Waals surface area contributed by atoms with Gasteiger partial charge in [0.2, 0.25) is 0 Å². The van der Waals surface area contributed by atoms with Crippen molar-refractivity contribution < 1.29 is 19.4 Å². The van der Waals surface area contributed by atoms with E-state index in [0.717, 1.165) is 6.07 Å². The lowest BCUT2D eigenvalue weighted by atomic mass is 10.1. The third-order valence-electron chi connectivity index (χ3n) is 1.40. The molecule has 3 nitrogen and oxygen atoms in total. The number of benzene rings is 1. The maximum Gasteiger partial charge on any atom is 0.337 e. The highest BCUT2D eigenvalue weighted by molar-refractivity contribution is 5.73. The first-order chi connectivity index (χ1) is 5.61. The molecule has 0 saturated carbocycles. The predicted molar refractivity (Wildman–Crippen MR) is 39.0 cm³/mol. The van der Waals surface area contributed by atoms with Crippen molar-refractivity contribution in [2.24, 2.45) is 0 Å². The zero-order valence-electron chi connectivity index (χ0n) is 6.07. The van der Waals surface area contributed by atoms with Crippen molar-refractivity contribution in [3.05, 3.63) is 35.6 Å². The van der Waals surface area contributed by atoms with E-state index in [9.17, 15) is 9.18 Å². The lowest BCUT2D eigenvalue weighted by Gasteiger charge is -2.04. The van der Waals surface area contributed by atoms with Gasteiger partial charge in [0.1, 0.15) is 5.82 Å². The molecular formula is C8H7FO3. The van der Waals surface area contributed by atoms with E-state index in [-0.39, 0.29) is 5.56 Å². The highest BCUT2D eigenvalue weighted by Crippen LogP contribution is 2.13. The smallest absolute Gasteiger partial charge is 0.337 e. The minimum atomic E-state index is -1.65. The molecule has 0 fully saturated rings. The number of aliphatic carboxylic acids is 1. The van der Waals surface area contributed by atoms with E-state index in [1.54, 1.807) is 0 Å². The van der Waals surface area contributed by atoms with Crippen LogP contribution in [0.2, 0.25) is 0 Å². The molecular weight excluding hydrogens is 163 g/mol. The Bertz CT molecular complexity index is 298. The molecule has 0 radical (unpaired) electrons. The van der Waals surface area contributed by atoms with E-state index in [1.165, 1.54) is 18.2 Å². The largest absolute Gasteiger partial charge is 0.479 e. The van der Waals surface area contributed by atoms with Crippen molar-refractivity contribution in [2.45, 2.75) is 6.10 Å². The number of hydrogen-bond donors (Lipinski definition) is 2. The first kappa shape index (κ1) is 8.67. The number of carbonyl (C=O) groups is 1. The van der Waals surface area contributed by atoms with Gasteiger partial charge in [0.25, 0.3) is 0 Å². The summed E-state index contributed by atoms with van der Waals surface area (Å²) in [7, 11) is 0. The van der Waals surface area contributed by atoms with Gasteiger partial charge in [-0.2, -0.15) is 0 Å². The van der Waals surface area contributed by atoms with E-state index < -0.39 is 17.9 Å². The van der Waals surface area contributed by atoms with Gasteiger partial charge in [-0.05, 0) is 17.7 Å². The molecule has 4 heteroatoms. The standard InChI is InChI=1S/C8H7FO3/c9-6-3-1-2-5(4-6)7(10)8(11)12/h1-4,7,10H,(H,11,12)/t7-/m0/s1. The SMILES string of the molecule is O=C(O)[C@@H](O)c1cccc(F)c1. The Kier molecular flexibility index (Phi) is 2.40. The molecule has 12 heavy (non-hydrogen) atoms. The fraction of sp³-hybridized carbons (Fsp3) is 0.125. The van der Waals surface area contributed by atoms with E-state index in [1.807, 2.05) is 0 Å². The summed E-state index contributed by atoms with van der Waals surface area (Å²) in [5, 5.41) is 17.3. The number of carboxylic acid groups (broad SMARTS) is 1. The highest BCUT2D eigenvalue weighted by atomic mass is 19.1. The molecule has 1 rings (SSSR count). The van der Waals surface area contributed by atoms with Crippen LogP contribution in [0.15, 0.2) is 24.3 Å². The second-order valence-electron chi connectivity index (χ2n) is 2.30. The summed E-state index contributed by atoms with van der Waals surface area (Å²) in [6, 6.07) is 4.86. The highest BCUT2D eigenvalue weighted by Gasteiger charge is 2.15. The quantitative estimate of drug-likeness (QED) is 0.694. The Morgan fingerprint density at radius 2 is 2.17 bits per heavy atom. The first-order valence-corrected chi connectivity index (χ1v) is 3.27. The summed E-state index contributed by atoms with van der Waals surface area (Å²) >= 11 is 0. The lowest BCUT2D eigenvalue weighted by Crippen LogP contribution is -2.10. The average Bonchev–Trinajstić information content (AvgIpc) is 2.03. The molecule has 1 aromatic rings. The van der Waals surface area contributed by atoms with Crippen LogP contribution in [-0.4, -0.2) is 16.2 Å². The Hall–Kier alpha value is -1.42. The van der Waals surface area contributed by atoms with Crippen LogP contribution in [0.25, 0.3) is 0 Å². The monoisotopic (exact) mass is 170 g/mol. The van der Waals surface area contributed by atoms with E-state index in [2.05, 4.69) is 0 Å². The fourth-order valence-electron chi connectivity index (χ4n) is 0.819. The maximum atomic E-state index is 12.5. The van der Waals surface area contributed by atoms with Crippen LogP contribution in [0.5, 0.6) is 0 Å². The Morgan fingerprint density at radius 3 is 2.67 bits per heavy atom. The molecule has 64 valence electrons. The average molecular weight is 170 g/mol. The van der Waals surface area contributed by atoms with E-state index >= 15 is 0 Å². The van der Waals surface area contributed by atoms with Crippen molar-refractivity contribution in [2.75, 3.05) is 0 Å². The van der Waals surface area contributed by atoms with E-state index in [0.29, 0.717) is 0 Å². The number of aliphatic hydroxyl groups excluding tert-OH is 1. The Labute approximate surface area is 68.1 Å².